The normalized spacial score (nSPS) is 12.0. The van der Waals surface area contributed by atoms with Gasteiger partial charge in [0.05, 0.1) is 24.7 Å². The molecule has 0 amide bonds. The summed E-state index contributed by atoms with van der Waals surface area (Å²) in [5.41, 5.74) is 5.32. The quantitative estimate of drug-likeness (QED) is 0.523. The molecule has 2 heterocycles. The predicted molar refractivity (Wildman–Crippen MR) is 111 cm³/mol. The van der Waals surface area contributed by atoms with E-state index in [1.165, 1.54) is 5.56 Å². The lowest BCUT2D eigenvalue weighted by Crippen LogP contribution is -2.12. The molecule has 4 rings (SSSR count). The van der Waals surface area contributed by atoms with E-state index in [0.717, 1.165) is 35.4 Å². The number of imidazole rings is 1. The van der Waals surface area contributed by atoms with Crippen LogP contribution >= 0.6 is 0 Å². The summed E-state index contributed by atoms with van der Waals surface area (Å²) in [5, 5.41) is 10.7. The summed E-state index contributed by atoms with van der Waals surface area (Å²) in [4.78, 5) is 8.80. The Morgan fingerprint density at radius 3 is 2.32 bits per heavy atom. The second-order valence-corrected chi connectivity index (χ2v) is 6.85. The monoisotopic (exact) mass is 369 g/mol. The van der Waals surface area contributed by atoms with E-state index in [1.54, 1.807) is 12.4 Å². The Hall–Kier alpha value is -3.24. The van der Waals surface area contributed by atoms with Crippen molar-refractivity contribution in [2.45, 2.75) is 25.5 Å². The third-order valence-electron chi connectivity index (χ3n) is 4.93. The van der Waals surface area contributed by atoms with Crippen LogP contribution in [0.15, 0.2) is 91.5 Å². The molecule has 140 valence electrons. The highest BCUT2D eigenvalue weighted by atomic mass is 16.3. The third kappa shape index (κ3) is 4.18. The fourth-order valence-electron chi connectivity index (χ4n) is 3.44. The fourth-order valence-corrected chi connectivity index (χ4v) is 3.44. The van der Waals surface area contributed by atoms with Crippen LogP contribution in [-0.2, 0) is 19.4 Å². The van der Waals surface area contributed by atoms with Crippen LogP contribution in [0.25, 0.3) is 11.3 Å². The van der Waals surface area contributed by atoms with E-state index in [9.17, 15) is 5.11 Å². The van der Waals surface area contributed by atoms with Crippen molar-refractivity contribution in [2.24, 2.45) is 0 Å². The molecule has 0 aliphatic rings. The van der Waals surface area contributed by atoms with Gasteiger partial charge >= 0.3 is 0 Å². The van der Waals surface area contributed by atoms with E-state index < -0.39 is 6.10 Å². The van der Waals surface area contributed by atoms with Gasteiger partial charge in [0, 0.05) is 29.2 Å². The fraction of sp³-hybridized carbons (Fsp3) is 0.167. The average Bonchev–Trinajstić information content (AvgIpc) is 3.16. The Kier molecular flexibility index (Phi) is 5.59. The Morgan fingerprint density at radius 1 is 0.857 bits per heavy atom. The minimum absolute atomic E-state index is 0.454. The van der Waals surface area contributed by atoms with E-state index in [0.29, 0.717) is 6.54 Å². The van der Waals surface area contributed by atoms with Gasteiger partial charge in [-0.25, -0.2) is 4.98 Å². The molecule has 0 saturated carbocycles. The number of aliphatic hydroxyl groups excluding tert-OH is 1. The van der Waals surface area contributed by atoms with E-state index in [4.69, 9.17) is 0 Å². The summed E-state index contributed by atoms with van der Waals surface area (Å²) in [6.45, 7) is 0.454. The summed E-state index contributed by atoms with van der Waals surface area (Å²) in [7, 11) is 0. The van der Waals surface area contributed by atoms with Crippen molar-refractivity contribution in [2.75, 3.05) is 0 Å². The summed E-state index contributed by atoms with van der Waals surface area (Å²) in [5.74, 6) is 0. The van der Waals surface area contributed by atoms with Gasteiger partial charge in [-0.15, -0.1) is 0 Å². The molecule has 4 nitrogen and oxygen atoms in total. The van der Waals surface area contributed by atoms with Crippen molar-refractivity contribution < 1.29 is 5.11 Å². The van der Waals surface area contributed by atoms with Crippen LogP contribution < -0.4 is 0 Å². The molecule has 0 fully saturated rings. The first kappa shape index (κ1) is 18.1. The Morgan fingerprint density at radius 2 is 1.61 bits per heavy atom. The van der Waals surface area contributed by atoms with Crippen molar-refractivity contribution in [1.82, 2.24) is 14.5 Å². The molecule has 2 aromatic heterocycles. The second kappa shape index (κ2) is 8.63. The largest absolute Gasteiger partial charge is 0.386 e. The summed E-state index contributed by atoms with van der Waals surface area (Å²) >= 11 is 0. The maximum atomic E-state index is 10.7. The molecule has 1 N–H and O–H groups in total. The number of rotatable bonds is 7. The maximum Gasteiger partial charge on any atom is 0.0984 e. The van der Waals surface area contributed by atoms with Gasteiger partial charge in [0.15, 0.2) is 0 Å². The minimum atomic E-state index is -0.623. The van der Waals surface area contributed by atoms with Crippen molar-refractivity contribution in [1.29, 1.82) is 0 Å². The number of aliphatic hydroxyl groups is 1. The number of benzene rings is 2. The van der Waals surface area contributed by atoms with Gasteiger partial charge in [-0.1, -0.05) is 66.7 Å². The lowest BCUT2D eigenvalue weighted by molar-refractivity contribution is 0.155. The predicted octanol–water partition coefficient (Wildman–Crippen LogP) is 4.46. The molecule has 0 unspecified atom stereocenters. The Bertz CT molecular complexity index is 998. The number of hydrogen-bond acceptors (Lipinski definition) is 3. The highest BCUT2D eigenvalue weighted by molar-refractivity contribution is 5.62. The van der Waals surface area contributed by atoms with E-state index in [1.807, 2.05) is 42.7 Å². The van der Waals surface area contributed by atoms with Crippen LogP contribution in [0.4, 0.5) is 0 Å². The standard InChI is InChI=1S/C24H23N3O/c28-23(21-12-7-15-25-16-21)17-27-18-26-24(20-10-5-2-6-11-20)22(27)14-13-19-8-3-1-4-9-19/h1-12,15-16,18,23,28H,13-14,17H2/t23-/m1/s1. The second-order valence-electron chi connectivity index (χ2n) is 6.85. The van der Waals surface area contributed by atoms with Crippen molar-refractivity contribution in [3.63, 3.8) is 0 Å². The summed E-state index contributed by atoms with van der Waals surface area (Å²) in [6, 6.07) is 24.4. The van der Waals surface area contributed by atoms with Crippen LogP contribution in [0.5, 0.6) is 0 Å². The van der Waals surface area contributed by atoms with E-state index in [2.05, 4.69) is 50.9 Å². The highest BCUT2D eigenvalue weighted by Crippen LogP contribution is 2.25. The van der Waals surface area contributed by atoms with Gasteiger partial charge < -0.3 is 9.67 Å². The maximum absolute atomic E-state index is 10.7. The van der Waals surface area contributed by atoms with Gasteiger partial charge in [0.2, 0.25) is 0 Å². The molecule has 0 spiro atoms. The van der Waals surface area contributed by atoms with Gasteiger partial charge in [-0.2, -0.15) is 0 Å². The smallest absolute Gasteiger partial charge is 0.0984 e. The molecule has 0 radical (unpaired) electrons. The lowest BCUT2D eigenvalue weighted by atomic mass is 10.0. The van der Waals surface area contributed by atoms with Crippen molar-refractivity contribution in [3.8, 4) is 11.3 Å². The van der Waals surface area contributed by atoms with Crippen LogP contribution in [-0.4, -0.2) is 19.6 Å². The molecular weight excluding hydrogens is 346 g/mol. The number of hydrogen-bond donors (Lipinski definition) is 1. The Labute approximate surface area is 165 Å². The first-order valence-electron chi connectivity index (χ1n) is 9.52. The van der Waals surface area contributed by atoms with Gasteiger partial charge in [0.25, 0.3) is 0 Å². The van der Waals surface area contributed by atoms with Gasteiger partial charge in [-0.3, -0.25) is 4.98 Å². The van der Waals surface area contributed by atoms with Crippen LogP contribution in [0, 0.1) is 0 Å². The van der Waals surface area contributed by atoms with Crippen LogP contribution in [0.2, 0.25) is 0 Å². The molecule has 0 aliphatic heterocycles. The number of aromatic nitrogens is 3. The average molecular weight is 369 g/mol. The minimum Gasteiger partial charge on any atom is -0.386 e. The first-order chi connectivity index (χ1) is 13.8. The molecule has 0 bridgehead atoms. The number of pyridine rings is 1. The van der Waals surface area contributed by atoms with E-state index in [-0.39, 0.29) is 0 Å². The number of aryl methyl sites for hydroxylation is 1. The highest BCUT2D eigenvalue weighted by Gasteiger charge is 2.16. The van der Waals surface area contributed by atoms with E-state index >= 15 is 0 Å². The molecule has 28 heavy (non-hydrogen) atoms. The van der Waals surface area contributed by atoms with Gasteiger partial charge in [-0.05, 0) is 24.5 Å². The summed E-state index contributed by atoms with van der Waals surface area (Å²) in [6.07, 6.45) is 6.42. The zero-order valence-electron chi connectivity index (χ0n) is 15.6. The molecule has 4 heteroatoms. The first-order valence-corrected chi connectivity index (χ1v) is 9.52. The van der Waals surface area contributed by atoms with Gasteiger partial charge in [0.1, 0.15) is 0 Å². The molecule has 0 saturated heterocycles. The molecule has 0 aliphatic carbocycles. The third-order valence-corrected chi connectivity index (χ3v) is 4.93. The molecule has 1 atom stereocenters. The zero-order valence-corrected chi connectivity index (χ0v) is 15.6. The Balaban J connectivity index is 1.63. The molecule has 2 aromatic carbocycles. The zero-order chi connectivity index (χ0) is 19.2. The van der Waals surface area contributed by atoms with Crippen LogP contribution in [0.1, 0.15) is 22.9 Å². The van der Waals surface area contributed by atoms with Crippen molar-refractivity contribution >= 4 is 0 Å². The topological polar surface area (TPSA) is 50.9 Å². The number of nitrogens with zero attached hydrogens (tertiary/aromatic N) is 3. The lowest BCUT2D eigenvalue weighted by Gasteiger charge is -2.15. The summed E-state index contributed by atoms with van der Waals surface area (Å²) < 4.78 is 2.07. The molecule has 4 aromatic rings. The van der Waals surface area contributed by atoms with Crippen molar-refractivity contribution in [3.05, 3.63) is 108 Å². The SMILES string of the molecule is O[C@H](Cn1cnc(-c2ccccc2)c1CCc1ccccc1)c1cccnc1. The molecular formula is C24H23N3O. The van der Waals surface area contributed by atoms with Crippen LogP contribution in [0.3, 0.4) is 0 Å².